The fourth-order valence-electron chi connectivity index (χ4n) is 2.95. The zero-order valence-corrected chi connectivity index (χ0v) is 11.2. The van der Waals surface area contributed by atoms with Crippen molar-refractivity contribution in [3.8, 4) is 0 Å². The molecule has 0 radical (unpaired) electrons. The lowest BCUT2D eigenvalue weighted by molar-refractivity contribution is 0.0707. The van der Waals surface area contributed by atoms with Crippen molar-refractivity contribution in [2.24, 2.45) is 0 Å². The molecule has 5 heteroatoms. The average Bonchev–Trinajstić information content (AvgIpc) is 3.13. The lowest BCUT2D eigenvalue weighted by Crippen LogP contribution is -2.38. The summed E-state index contributed by atoms with van der Waals surface area (Å²) in [6.45, 7) is 3.13. The molecule has 4 rings (SSSR count). The molecular formula is C15H16N4O. The van der Waals surface area contributed by atoms with Crippen LogP contribution in [0.2, 0.25) is 0 Å². The first-order valence-corrected chi connectivity index (χ1v) is 6.97. The Balaban J connectivity index is 1.59. The number of anilines is 1. The predicted molar refractivity (Wildman–Crippen MR) is 75.6 cm³/mol. The first-order valence-electron chi connectivity index (χ1n) is 6.97. The maximum Gasteiger partial charge on any atom is 0.254 e. The van der Waals surface area contributed by atoms with Crippen LogP contribution >= 0.6 is 0 Å². The summed E-state index contributed by atoms with van der Waals surface area (Å²) in [6.07, 6.45) is 4.81. The second-order valence-corrected chi connectivity index (χ2v) is 5.31. The minimum Gasteiger partial charge on any atom is -0.384 e. The van der Waals surface area contributed by atoms with Crippen molar-refractivity contribution in [1.29, 1.82) is 0 Å². The van der Waals surface area contributed by atoms with Crippen LogP contribution in [-0.4, -0.2) is 33.4 Å². The quantitative estimate of drug-likeness (QED) is 0.853. The summed E-state index contributed by atoms with van der Waals surface area (Å²) in [5, 5.41) is 3.32. The fourth-order valence-corrected chi connectivity index (χ4v) is 2.95. The molecule has 2 aliphatic rings. The molecule has 3 heterocycles. The normalized spacial score (nSPS) is 16.5. The number of benzene rings is 1. The third-order valence-electron chi connectivity index (χ3n) is 4.10. The molecule has 2 aliphatic heterocycles. The number of fused-ring (bicyclic) bond motifs is 2. The zero-order valence-electron chi connectivity index (χ0n) is 11.2. The lowest BCUT2D eigenvalue weighted by Gasteiger charge is -2.27. The van der Waals surface area contributed by atoms with Crippen LogP contribution in [0.3, 0.4) is 0 Å². The number of nitrogens with zero attached hydrogens (tertiary/aromatic N) is 3. The monoisotopic (exact) mass is 268 g/mol. The number of hydrogen-bond acceptors (Lipinski definition) is 3. The summed E-state index contributed by atoms with van der Waals surface area (Å²) in [6, 6.07) is 5.98. The number of rotatable bonds is 1. The molecule has 0 spiro atoms. The summed E-state index contributed by atoms with van der Waals surface area (Å²) < 4.78 is 2.11. The highest BCUT2D eigenvalue weighted by atomic mass is 16.2. The summed E-state index contributed by atoms with van der Waals surface area (Å²) in [5.41, 5.74) is 3.17. The predicted octanol–water partition coefficient (Wildman–Crippen LogP) is 1.51. The van der Waals surface area contributed by atoms with Gasteiger partial charge in [-0.25, -0.2) is 4.98 Å². The van der Waals surface area contributed by atoms with Gasteiger partial charge in [-0.1, -0.05) is 6.07 Å². The molecule has 102 valence electrons. The molecule has 1 N–H and O–H groups in total. The minimum absolute atomic E-state index is 0.0933. The van der Waals surface area contributed by atoms with Crippen molar-refractivity contribution in [2.45, 2.75) is 19.5 Å². The number of carbonyl (C=O) groups excluding carboxylic acids is 1. The van der Waals surface area contributed by atoms with Gasteiger partial charge < -0.3 is 14.8 Å². The maximum absolute atomic E-state index is 12.6. The Bertz CT molecular complexity index is 676. The van der Waals surface area contributed by atoms with E-state index in [0.717, 1.165) is 43.1 Å². The molecule has 1 amide bonds. The van der Waals surface area contributed by atoms with Crippen LogP contribution in [0.5, 0.6) is 0 Å². The molecular weight excluding hydrogens is 252 g/mol. The van der Waals surface area contributed by atoms with E-state index in [0.29, 0.717) is 6.54 Å². The molecule has 0 bridgehead atoms. The summed E-state index contributed by atoms with van der Waals surface area (Å²) in [7, 11) is 0. The molecule has 0 saturated heterocycles. The van der Waals surface area contributed by atoms with Crippen LogP contribution in [0.15, 0.2) is 30.6 Å². The SMILES string of the molecule is O=C(c1ccc2c(c1)NCC2)N1CCn2ccnc2C1. The van der Waals surface area contributed by atoms with Gasteiger partial charge in [-0.05, 0) is 24.1 Å². The fraction of sp³-hybridized carbons (Fsp3) is 0.333. The van der Waals surface area contributed by atoms with Gasteiger partial charge in [0.1, 0.15) is 5.82 Å². The second kappa shape index (κ2) is 4.37. The number of hydrogen-bond donors (Lipinski definition) is 1. The number of imidazole rings is 1. The van der Waals surface area contributed by atoms with E-state index in [9.17, 15) is 4.79 Å². The summed E-state index contributed by atoms with van der Waals surface area (Å²) in [5.74, 6) is 1.06. The summed E-state index contributed by atoms with van der Waals surface area (Å²) >= 11 is 0. The highest BCUT2D eigenvalue weighted by Gasteiger charge is 2.23. The van der Waals surface area contributed by atoms with Crippen LogP contribution < -0.4 is 5.32 Å². The molecule has 0 saturated carbocycles. The van der Waals surface area contributed by atoms with Gasteiger partial charge in [0.25, 0.3) is 5.91 Å². The Morgan fingerprint density at radius 1 is 1.30 bits per heavy atom. The average molecular weight is 268 g/mol. The van der Waals surface area contributed by atoms with E-state index in [1.165, 1.54) is 5.56 Å². The second-order valence-electron chi connectivity index (χ2n) is 5.31. The van der Waals surface area contributed by atoms with Gasteiger partial charge in [0.05, 0.1) is 6.54 Å². The van der Waals surface area contributed by atoms with Crippen molar-refractivity contribution in [3.63, 3.8) is 0 Å². The van der Waals surface area contributed by atoms with Gasteiger partial charge >= 0.3 is 0 Å². The molecule has 1 aromatic heterocycles. The van der Waals surface area contributed by atoms with Gasteiger partial charge in [-0.3, -0.25) is 4.79 Å². The first kappa shape index (κ1) is 11.5. The minimum atomic E-state index is 0.0933. The lowest BCUT2D eigenvalue weighted by atomic mass is 10.1. The van der Waals surface area contributed by atoms with Crippen molar-refractivity contribution >= 4 is 11.6 Å². The highest BCUT2D eigenvalue weighted by molar-refractivity contribution is 5.95. The molecule has 0 aliphatic carbocycles. The Labute approximate surface area is 117 Å². The van der Waals surface area contributed by atoms with E-state index in [2.05, 4.69) is 20.9 Å². The number of aromatic nitrogens is 2. The molecule has 0 unspecified atom stereocenters. The van der Waals surface area contributed by atoms with Gasteiger partial charge in [-0.15, -0.1) is 0 Å². The van der Waals surface area contributed by atoms with Gasteiger partial charge in [0.2, 0.25) is 0 Å². The van der Waals surface area contributed by atoms with Crippen molar-refractivity contribution in [3.05, 3.63) is 47.5 Å². The van der Waals surface area contributed by atoms with Crippen molar-refractivity contribution < 1.29 is 4.79 Å². The molecule has 5 nitrogen and oxygen atoms in total. The summed E-state index contributed by atoms with van der Waals surface area (Å²) in [4.78, 5) is 18.8. The van der Waals surface area contributed by atoms with Crippen LogP contribution in [0.4, 0.5) is 5.69 Å². The largest absolute Gasteiger partial charge is 0.384 e. The van der Waals surface area contributed by atoms with Crippen molar-refractivity contribution in [2.75, 3.05) is 18.4 Å². The third-order valence-corrected chi connectivity index (χ3v) is 4.10. The zero-order chi connectivity index (χ0) is 13.5. The van der Waals surface area contributed by atoms with Gasteiger partial charge in [0.15, 0.2) is 0 Å². The Hall–Kier alpha value is -2.30. The van der Waals surface area contributed by atoms with E-state index < -0.39 is 0 Å². The molecule has 1 aromatic carbocycles. The van der Waals surface area contributed by atoms with Gasteiger partial charge in [0, 0.05) is 43.3 Å². The van der Waals surface area contributed by atoms with Crippen LogP contribution in [-0.2, 0) is 19.5 Å². The number of carbonyl (C=O) groups is 1. The van der Waals surface area contributed by atoms with E-state index in [1.807, 2.05) is 23.2 Å². The molecule has 0 atom stereocenters. The number of nitrogens with one attached hydrogen (secondary N) is 1. The maximum atomic E-state index is 12.6. The molecule has 0 fully saturated rings. The molecule has 20 heavy (non-hydrogen) atoms. The smallest absolute Gasteiger partial charge is 0.254 e. The highest BCUT2D eigenvalue weighted by Crippen LogP contribution is 2.24. The van der Waals surface area contributed by atoms with Gasteiger partial charge in [-0.2, -0.15) is 0 Å². The molecule has 2 aromatic rings. The van der Waals surface area contributed by atoms with Crippen LogP contribution in [0, 0.1) is 0 Å². The first-order chi connectivity index (χ1) is 9.81. The number of amides is 1. The van der Waals surface area contributed by atoms with E-state index in [-0.39, 0.29) is 5.91 Å². The topological polar surface area (TPSA) is 50.2 Å². The Kier molecular flexibility index (Phi) is 2.52. The van der Waals surface area contributed by atoms with Crippen LogP contribution in [0.1, 0.15) is 21.7 Å². The van der Waals surface area contributed by atoms with Crippen molar-refractivity contribution in [1.82, 2.24) is 14.5 Å². The standard InChI is InChI=1S/C15H16N4O/c20-15(12-2-1-11-3-4-16-13(11)9-12)19-8-7-18-6-5-17-14(18)10-19/h1-2,5-6,9,16H,3-4,7-8,10H2. The van der Waals surface area contributed by atoms with E-state index in [4.69, 9.17) is 0 Å². The van der Waals surface area contributed by atoms with Crippen LogP contribution in [0.25, 0.3) is 0 Å². The Morgan fingerprint density at radius 3 is 3.20 bits per heavy atom. The van der Waals surface area contributed by atoms with E-state index in [1.54, 1.807) is 6.20 Å². The van der Waals surface area contributed by atoms with E-state index >= 15 is 0 Å². The Morgan fingerprint density at radius 2 is 2.25 bits per heavy atom. The third kappa shape index (κ3) is 1.78.